The van der Waals surface area contributed by atoms with Gasteiger partial charge in [0, 0.05) is 37.3 Å². The van der Waals surface area contributed by atoms with Gasteiger partial charge in [0.05, 0.1) is 12.6 Å². The van der Waals surface area contributed by atoms with E-state index in [1.165, 1.54) is 0 Å². The van der Waals surface area contributed by atoms with Crippen LogP contribution in [0.25, 0.3) is 0 Å². The summed E-state index contributed by atoms with van der Waals surface area (Å²) < 4.78 is 13.9. The third-order valence-corrected chi connectivity index (χ3v) is 5.25. The van der Waals surface area contributed by atoms with Crippen LogP contribution in [-0.2, 0) is 6.54 Å². The fourth-order valence-corrected chi connectivity index (χ4v) is 3.96. The molecular weight excluding hydrogens is 325 g/mol. The van der Waals surface area contributed by atoms with Gasteiger partial charge in [0.2, 0.25) is 0 Å². The van der Waals surface area contributed by atoms with Crippen LogP contribution < -0.4 is 0 Å². The molecule has 3 rings (SSSR count). The van der Waals surface area contributed by atoms with Crippen molar-refractivity contribution in [2.75, 3.05) is 26.7 Å². The van der Waals surface area contributed by atoms with Gasteiger partial charge in [0.25, 0.3) is 0 Å². The zero-order chi connectivity index (χ0) is 16.9. The third-order valence-electron chi connectivity index (χ3n) is 4.49. The molecule has 0 bridgehead atoms. The minimum atomic E-state index is -0.776. The first kappa shape index (κ1) is 17.5. The van der Waals surface area contributed by atoms with Crippen molar-refractivity contribution in [2.45, 2.75) is 31.3 Å². The van der Waals surface area contributed by atoms with Crippen molar-refractivity contribution in [1.82, 2.24) is 14.8 Å². The van der Waals surface area contributed by atoms with E-state index in [-0.39, 0.29) is 6.04 Å². The van der Waals surface area contributed by atoms with Crippen LogP contribution >= 0.6 is 11.3 Å². The molecule has 130 valence electrons. The van der Waals surface area contributed by atoms with Crippen molar-refractivity contribution < 1.29 is 9.50 Å². The molecule has 1 saturated heterocycles. The van der Waals surface area contributed by atoms with Gasteiger partial charge in [0.1, 0.15) is 11.2 Å². The molecule has 1 aliphatic heterocycles. The van der Waals surface area contributed by atoms with Gasteiger partial charge in [-0.05, 0) is 19.0 Å². The second-order valence-electron chi connectivity index (χ2n) is 6.49. The number of aliphatic hydroxyl groups is 1. The highest BCUT2D eigenvalue weighted by atomic mass is 32.1. The molecule has 1 fully saturated rings. The van der Waals surface area contributed by atoms with Crippen LogP contribution in [0.15, 0.2) is 41.9 Å². The van der Waals surface area contributed by atoms with Crippen molar-refractivity contribution in [3.63, 3.8) is 0 Å². The molecule has 1 aromatic heterocycles. The van der Waals surface area contributed by atoms with E-state index in [1.807, 2.05) is 42.8 Å². The first-order valence-corrected chi connectivity index (χ1v) is 9.18. The van der Waals surface area contributed by atoms with Gasteiger partial charge in [-0.1, -0.05) is 30.3 Å². The minimum absolute atomic E-state index is 0.164. The first-order valence-electron chi connectivity index (χ1n) is 8.30. The smallest absolute Gasteiger partial charge is 0.114 e. The molecule has 0 spiro atoms. The van der Waals surface area contributed by atoms with E-state index in [1.54, 1.807) is 17.5 Å². The number of hydrogen-bond donors (Lipinski definition) is 1. The van der Waals surface area contributed by atoms with Gasteiger partial charge in [0.15, 0.2) is 0 Å². The number of nitrogens with zero attached hydrogens (tertiary/aromatic N) is 3. The van der Waals surface area contributed by atoms with Crippen LogP contribution in [0, 0.1) is 0 Å². The minimum Gasteiger partial charge on any atom is -0.387 e. The second-order valence-corrected chi connectivity index (χ2v) is 7.47. The molecule has 2 aromatic rings. The quantitative estimate of drug-likeness (QED) is 0.834. The normalized spacial score (nSPS) is 23.0. The molecule has 0 unspecified atom stereocenters. The predicted molar refractivity (Wildman–Crippen MR) is 94.7 cm³/mol. The summed E-state index contributed by atoms with van der Waals surface area (Å²) in [5.74, 6) is 0. The van der Waals surface area contributed by atoms with Crippen molar-refractivity contribution in [2.24, 2.45) is 0 Å². The lowest BCUT2D eigenvalue weighted by Gasteiger charge is -2.29. The third kappa shape index (κ3) is 4.60. The number of aromatic nitrogens is 1. The molecule has 1 aromatic carbocycles. The Bertz CT molecular complexity index is 610. The number of rotatable bonds is 7. The number of likely N-dealkylation sites (tertiary alicyclic amines) is 1. The topological polar surface area (TPSA) is 39.6 Å². The van der Waals surface area contributed by atoms with E-state index >= 15 is 0 Å². The Kier molecular flexibility index (Phi) is 5.94. The molecule has 24 heavy (non-hydrogen) atoms. The van der Waals surface area contributed by atoms with Gasteiger partial charge in [-0.15, -0.1) is 11.3 Å². The van der Waals surface area contributed by atoms with E-state index in [0.29, 0.717) is 26.1 Å². The maximum absolute atomic E-state index is 13.9. The highest BCUT2D eigenvalue weighted by Crippen LogP contribution is 2.24. The van der Waals surface area contributed by atoms with Crippen molar-refractivity contribution in [3.05, 3.63) is 52.5 Å². The Hall–Kier alpha value is -1.34. The summed E-state index contributed by atoms with van der Waals surface area (Å²) >= 11 is 1.61. The largest absolute Gasteiger partial charge is 0.387 e. The number of halogens is 1. The monoisotopic (exact) mass is 349 g/mol. The molecule has 6 heteroatoms. The average molecular weight is 349 g/mol. The number of hydrogen-bond acceptors (Lipinski definition) is 5. The van der Waals surface area contributed by atoms with E-state index < -0.39 is 12.3 Å². The summed E-state index contributed by atoms with van der Waals surface area (Å²) in [6.07, 6.45) is 1.05. The summed E-state index contributed by atoms with van der Waals surface area (Å²) in [7, 11) is 1.99. The molecule has 0 radical (unpaired) electrons. The maximum Gasteiger partial charge on any atom is 0.114 e. The highest BCUT2D eigenvalue weighted by Gasteiger charge is 2.33. The molecule has 0 aliphatic carbocycles. The highest BCUT2D eigenvalue weighted by molar-refractivity contribution is 7.09. The maximum atomic E-state index is 13.9. The molecule has 0 amide bonds. The Labute approximate surface area is 146 Å². The van der Waals surface area contributed by atoms with E-state index in [0.717, 1.165) is 17.1 Å². The molecule has 1 N–H and O–H groups in total. The van der Waals surface area contributed by atoms with Crippen LogP contribution in [0.5, 0.6) is 0 Å². The van der Waals surface area contributed by atoms with Crippen LogP contribution in [0.2, 0.25) is 0 Å². The Morgan fingerprint density at radius 3 is 2.92 bits per heavy atom. The fraction of sp³-hybridized carbons (Fsp3) is 0.500. The predicted octanol–water partition coefficient (Wildman–Crippen LogP) is 2.72. The first-order chi connectivity index (χ1) is 11.6. The van der Waals surface area contributed by atoms with Gasteiger partial charge >= 0.3 is 0 Å². The summed E-state index contributed by atoms with van der Waals surface area (Å²) in [5, 5.41) is 13.3. The molecule has 3 atom stereocenters. The number of aliphatic hydroxyl groups excluding tert-OH is 1. The van der Waals surface area contributed by atoms with Crippen LogP contribution in [-0.4, -0.2) is 58.8 Å². The number of alkyl halides is 1. The Morgan fingerprint density at radius 2 is 2.21 bits per heavy atom. The van der Waals surface area contributed by atoms with Crippen LogP contribution in [0.1, 0.15) is 23.1 Å². The Morgan fingerprint density at radius 1 is 1.42 bits per heavy atom. The molecule has 2 heterocycles. The number of benzene rings is 1. The zero-order valence-corrected chi connectivity index (χ0v) is 14.7. The average Bonchev–Trinajstić information content (AvgIpc) is 3.18. The summed E-state index contributed by atoms with van der Waals surface area (Å²) in [6, 6.07) is 9.83. The van der Waals surface area contributed by atoms with Gasteiger partial charge < -0.3 is 10.0 Å². The molecule has 0 saturated carbocycles. The Balaban J connectivity index is 1.55. The summed E-state index contributed by atoms with van der Waals surface area (Å²) in [4.78, 5) is 8.58. The summed E-state index contributed by atoms with van der Waals surface area (Å²) in [5.41, 5.74) is 0.916. The van der Waals surface area contributed by atoms with Crippen molar-refractivity contribution in [1.29, 1.82) is 0 Å². The van der Waals surface area contributed by atoms with Crippen molar-refractivity contribution in [3.8, 4) is 0 Å². The lowest BCUT2D eigenvalue weighted by atomic mass is 10.1. The zero-order valence-electron chi connectivity index (χ0n) is 13.9. The summed E-state index contributed by atoms with van der Waals surface area (Å²) in [6.45, 7) is 2.47. The lowest BCUT2D eigenvalue weighted by molar-refractivity contribution is 0.107. The molecule has 4 nitrogen and oxygen atoms in total. The second kappa shape index (κ2) is 8.16. The SMILES string of the molecule is CN(C[C@@H]1C[C@H](F)CN1Cc1nccs1)C[C@@H](O)c1ccccc1. The van der Waals surface area contributed by atoms with Crippen LogP contribution in [0.3, 0.4) is 0 Å². The van der Waals surface area contributed by atoms with Gasteiger partial charge in [-0.25, -0.2) is 9.37 Å². The number of thiazole rings is 1. The fourth-order valence-electron chi connectivity index (χ4n) is 3.32. The van der Waals surface area contributed by atoms with E-state index in [4.69, 9.17) is 0 Å². The van der Waals surface area contributed by atoms with Gasteiger partial charge in [-0.2, -0.15) is 0 Å². The lowest BCUT2D eigenvalue weighted by Crippen LogP contribution is -2.39. The van der Waals surface area contributed by atoms with Crippen LogP contribution in [0.4, 0.5) is 4.39 Å². The number of likely N-dealkylation sites (N-methyl/N-ethyl adjacent to an activating group) is 1. The van der Waals surface area contributed by atoms with Crippen molar-refractivity contribution >= 4 is 11.3 Å². The molecular formula is C18H24FN3OS. The standard InChI is InChI=1S/C18H24FN3OS/c1-21(12-17(23)14-5-3-2-4-6-14)11-16-9-15(19)10-22(16)13-18-20-7-8-24-18/h2-8,15-17,23H,9-13H2,1H3/t15-,16-,17+/m0/s1. The van der Waals surface area contributed by atoms with E-state index in [9.17, 15) is 9.50 Å². The van der Waals surface area contributed by atoms with E-state index in [2.05, 4.69) is 14.8 Å². The molecule has 1 aliphatic rings. The van der Waals surface area contributed by atoms with Gasteiger partial charge in [-0.3, -0.25) is 4.90 Å².